The Labute approximate surface area is 77.3 Å². The molecule has 0 fully saturated rings. The average Bonchev–Trinajstić information content (AvgIpc) is 2.08. The number of hydrogen-bond acceptors (Lipinski definition) is 2. The highest BCUT2D eigenvalue weighted by atomic mass is 35.5. The van der Waals surface area contributed by atoms with Crippen molar-refractivity contribution in [2.75, 3.05) is 6.61 Å². The van der Waals surface area contributed by atoms with Gasteiger partial charge >= 0.3 is 0 Å². The fourth-order valence-electron chi connectivity index (χ4n) is 1.00. The molecule has 0 saturated heterocycles. The van der Waals surface area contributed by atoms with Crippen LogP contribution in [0.1, 0.15) is 12.5 Å². The first-order chi connectivity index (χ1) is 5.77. The summed E-state index contributed by atoms with van der Waals surface area (Å²) in [4.78, 5) is 0. The van der Waals surface area contributed by atoms with E-state index in [1.54, 1.807) is 6.07 Å². The molecule has 0 aliphatic carbocycles. The van der Waals surface area contributed by atoms with Crippen LogP contribution < -0.4 is 10.5 Å². The van der Waals surface area contributed by atoms with Crippen LogP contribution in [0.4, 0.5) is 0 Å². The van der Waals surface area contributed by atoms with E-state index in [9.17, 15) is 0 Å². The third-order valence-corrected chi connectivity index (χ3v) is 1.78. The average molecular weight is 186 g/mol. The van der Waals surface area contributed by atoms with Gasteiger partial charge in [0, 0.05) is 17.1 Å². The van der Waals surface area contributed by atoms with E-state index >= 15 is 0 Å². The maximum atomic E-state index is 5.78. The minimum Gasteiger partial charge on any atom is -0.494 e. The minimum absolute atomic E-state index is 0.454. The first-order valence-corrected chi connectivity index (χ1v) is 4.27. The van der Waals surface area contributed by atoms with E-state index < -0.39 is 0 Å². The van der Waals surface area contributed by atoms with Crippen molar-refractivity contribution in [3.63, 3.8) is 0 Å². The highest BCUT2D eigenvalue weighted by Crippen LogP contribution is 2.22. The molecule has 0 aliphatic heterocycles. The predicted octanol–water partition coefficient (Wildman–Crippen LogP) is 2.20. The quantitative estimate of drug-likeness (QED) is 0.784. The lowest BCUT2D eigenvalue weighted by Crippen LogP contribution is -2.01. The molecular formula is C9H12ClNO. The number of nitrogens with two attached hydrogens (primary N) is 1. The fourth-order valence-corrected chi connectivity index (χ4v) is 1.20. The van der Waals surface area contributed by atoms with E-state index in [0.717, 1.165) is 11.3 Å². The smallest absolute Gasteiger partial charge is 0.123 e. The Morgan fingerprint density at radius 3 is 2.83 bits per heavy atom. The highest BCUT2D eigenvalue weighted by molar-refractivity contribution is 6.30. The van der Waals surface area contributed by atoms with Crippen LogP contribution in [0.3, 0.4) is 0 Å². The highest BCUT2D eigenvalue weighted by Gasteiger charge is 2.01. The molecule has 0 radical (unpaired) electrons. The molecule has 2 N–H and O–H groups in total. The first kappa shape index (κ1) is 9.36. The second-order valence-corrected chi connectivity index (χ2v) is 2.83. The van der Waals surface area contributed by atoms with Gasteiger partial charge in [-0.15, -0.1) is 0 Å². The van der Waals surface area contributed by atoms with Gasteiger partial charge in [-0.1, -0.05) is 11.6 Å². The van der Waals surface area contributed by atoms with E-state index in [1.165, 1.54) is 0 Å². The fraction of sp³-hybridized carbons (Fsp3) is 0.333. The Hall–Kier alpha value is -0.730. The summed E-state index contributed by atoms with van der Waals surface area (Å²) in [6, 6.07) is 5.46. The predicted molar refractivity (Wildman–Crippen MR) is 50.5 cm³/mol. The van der Waals surface area contributed by atoms with E-state index in [-0.39, 0.29) is 0 Å². The number of rotatable bonds is 3. The molecule has 0 amide bonds. The van der Waals surface area contributed by atoms with Crippen molar-refractivity contribution < 1.29 is 4.74 Å². The lowest BCUT2D eigenvalue weighted by molar-refractivity contribution is 0.336. The first-order valence-electron chi connectivity index (χ1n) is 3.89. The minimum atomic E-state index is 0.454. The normalized spacial score (nSPS) is 9.92. The number of ether oxygens (including phenoxy) is 1. The van der Waals surface area contributed by atoms with Gasteiger partial charge in [0.2, 0.25) is 0 Å². The van der Waals surface area contributed by atoms with Crippen LogP contribution in [0.5, 0.6) is 5.75 Å². The lowest BCUT2D eigenvalue weighted by atomic mass is 10.2. The lowest BCUT2D eigenvalue weighted by Gasteiger charge is -2.08. The summed E-state index contributed by atoms with van der Waals surface area (Å²) < 4.78 is 5.34. The van der Waals surface area contributed by atoms with Crippen molar-refractivity contribution in [1.82, 2.24) is 0 Å². The van der Waals surface area contributed by atoms with Crippen LogP contribution in [0.2, 0.25) is 5.02 Å². The van der Waals surface area contributed by atoms with Crippen molar-refractivity contribution in [3.8, 4) is 5.75 Å². The summed E-state index contributed by atoms with van der Waals surface area (Å²) in [5.41, 5.74) is 6.46. The van der Waals surface area contributed by atoms with Crippen LogP contribution in [-0.2, 0) is 6.54 Å². The summed E-state index contributed by atoms with van der Waals surface area (Å²) in [6.45, 7) is 3.04. The Bertz CT molecular complexity index is 263. The molecular weight excluding hydrogens is 174 g/mol. The van der Waals surface area contributed by atoms with Crippen molar-refractivity contribution >= 4 is 11.6 Å². The van der Waals surface area contributed by atoms with Gasteiger partial charge in [-0.3, -0.25) is 0 Å². The van der Waals surface area contributed by atoms with E-state index in [4.69, 9.17) is 22.1 Å². The molecule has 3 heteroatoms. The van der Waals surface area contributed by atoms with Crippen molar-refractivity contribution in [3.05, 3.63) is 28.8 Å². The molecule has 0 heterocycles. The zero-order valence-corrected chi connectivity index (χ0v) is 7.77. The number of benzene rings is 1. The molecule has 0 bridgehead atoms. The van der Waals surface area contributed by atoms with Crippen molar-refractivity contribution in [2.24, 2.45) is 5.73 Å². The van der Waals surface area contributed by atoms with E-state index in [1.807, 2.05) is 19.1 Å². The molecule has 2 nitrogen and oxygen atoms in total. The third-order valence-electron chi connectivity index (χ3n) is 1.54. The maximum absolute atomic E-state index is 5.78. The van der Waals surface area contributed by atoms with Gasteiger partial charge in [-0.05, 0) is 25.1 Å². The summed E-state index contributed by atoms with van der Waals surface area (Å²) in [6.07, 6.45) is 0. The van der Waals surface area contributed by atoms with Gasteiger partial charge in [0.15, 0.2) is 0 Å². The Morgan fingerprint density at radius 1 is 1.50 bits per heavy atom. The van der Waals surface area contributed by atoms with Crippen LogP contribution in [0.15, 0.2) is 18.2 Å². The largest absolute Gasteiger partial charge is 0.494 e. The molecule has 1 aromatic carbocycles. The van der Waals surface area contributed by atoms with Crippen molar-refractivity contribution in [2.45, 2.75) is 13.5 Å². The second-order valence-electron chi connectivity index (χ2n) is 2.39. The van der Waals surface area contributed by atoms with Crippen LogP contribution in [0.25, 0.3) is 0 Å². The molecule has 0 aliphatic rings. The number of hydrogen-bond donors (Lipinski definition) is 1. The van der Waals surface area contributed by atoms with Gasteiger partial charge in [0.25, 0.3) is 0 Å². The van der Waals surface area contributed by atoms with Gasteiger partial charge in [-0.25, -0.2) is 0 Å². The Balaban J connectivity index is 2.94. The standard InChI is InChI=1S/C9H12ClNO/c1-2-12-9-4-3-8(10)5-7(9)6-11/h3-5H,2,6,11H2,1H3. The SMILES string of the molecule is CCOc1ccc(Cl)cc1CN. The molecule has 1 rings (SSSR count). The second kappa shape index (κ2) is 4.33. The van der Waals surface area contributed by atoms with Gasteiger partial charge < -0.3 is 10.5 Å². The number of halogens is 1. The summed E-state index contributed by atoms with van der Waals surface area (Å²) >= 11 is 5.78. The van der Waals surface area contributed by atoms with Gasteiger partial charge in [0.05, 0.1) is 6.61 Å². The topological polar surface area (TPSA) is 35.2 Å². The molecule has 0 unspecified atom stereocenters. The zero-order valence-electron chi connectivity index (χ0n) is 7.01. The maximum Gasteiger partial charge on any atom is 0.123 e. The summed E-state index contributed by atoms with van der Waals surface area (Å²) in [7, 11) is 0. The molecule has 0 spiro atoms. The van der Waals surface area contributed by atoms with Crippen LogP contribution in [-0.4, -0.2) is 6.61 Å². The summed E-state index contributed by atoms with van der Waals surface area (Å²) in [5.74, 6) is 0.824. The van der Waals surface area contributed by atoms with Gasteiger partial charge in [-0.2, -0.15) is 0 Å². The molecule has 0 saturated carbocycles. The monoisotopic (exact) mass is 185 g/mol. The summed E-state index contributed by atoms with van der Waals surface area (Å²) in [5, 5.41) is 0.693. The van der Waals surface area contributed by atoms with Gasteiger partial charge in [0.1, 0.15) is 5.75 Å². The molecule has 0 atom stereocenters. The zero-order chi connectivity index (χ0) is 8.97. The van der Waals surface area contributed by atoms with Crippen LogP contribution in [0, 0.1) is 0 Å². The Kier molecular flexibility index (Phi) is 3.38. The van der Waals surface area contributed by atoms with E-state index in [0.29, 0.717) is 18.2 Å². The van der Waals surface area contributed by atoms with Crippen molar-refractivity contribution in [1.29, 1.82) is 0 Å². The molecule has 12 heavy (non-hydrogen) atoms. The van der Waals surface area contributed by atoms with E-state index in [2.05, 4.69) is 0 Å². The molecule has 0 aromatic heterocycles. The van der Waals surface area contributed by atoms with Crippen LogP contribution >= 0.6 is 11.6 Å². The molecule has 66 valence electrons. The Morgan fingerprint density at radius 2 is 2.25 bits per heavy atom. The third kappa shape index (κ3) is 2.13. The molecule has 1 aromatic rings.